The third kappa shape index (κ3) is 6.88. The lowest BCUT2D eigenvalue weighted by Crippen LogP contribution is -2.45. The number of esters is 1. The number of nitrogens with zero attached hydrogens (tertiary/aromatic N) is 1. The van der Waals surface area contributed by atoms with Crippen molar-refractivity contribution in [3.8, 4) is 11.5 Å². The van der Waals surface area contributed by atoms with E-state index in [9.17, 15) is 9.59 Å². The van der Waals surface area contributed by atoms with Gasteiger partial charge in [0, 0.05) is 26.1 Å². The molecule has 1 aromatic carbocycles. The Balaban J connectivity index is 2.52. The van der Waals surface area contributed by atoms with Crippen LogP contribution >= 0.6 is 0 Å². The van der Waals surface area contributed by atoms with E-state index in [1.807, 2.05) is 19.1 Å². The molecule has 0 aliphatic carbocycles. The molecule has 8 heteroatoms. The summed E-state index contributed by atoms with van der Waals surface area (Å²) in [6.07, 6.45) is 0.544. The van der Waals surface area contributed by atoms with Gasteiger partial charge in [0.1, 0.15) is 11.6 Å². The number of likely N-dealkylation sites (tertiary alicyclic amines) is 1. The molecule has 190 valence electrons. The molecule has 8 nitrogen and oxygen atoms in total. The molecule has 2 rings (SSSR count). The Kier molecular flexibility index (Phi) is 9.79. The van der Waals surface area contributed by atoms with Crippen LogP contribution in [0, 0.1) is 5.92 Å². The maximum Gasteiger partial charge on any atom is 0.411 e. The van der Waals surface area contributed by atoms with Crippen LogP contribution in [-0.4, -0.2) is 62.6 Å². The van der Waals surface area contributed by atoms with Gasteiger partial charge in [-0.2, -0.15) is 0 Å². The van der Waals surface area contributed by atoms with Gasteiger partial charge in [0.2, 0.25) is 0 Å². The van der Waals surface area contributed by atoms with Crippen LogP contribution in [0.4, 0.5) is 4.79 Å². The second kappa shape index (κ2) is 12.1. The third-order valence-corrected chi connectivity index (χ3v) is 5.57. The highest BCUT2D eigenvalue weighted by atomic mass is 16.6. The second-order valence-corrected chi connectivity index (χ2v) is 9.39. The van der Waals surface area contributed by atoms with Crippen LogP contribution in [0.25, 0.3) is 0 Å². The molecule has 1 amide bonds. The van der Waals surface area contributed by atoms with E-state index in [1.165, 1.54) is 4.90 Å². The normalized spacial score (nSPS) is 20.1. The van der Waals surface area contributed by atoms with Crippen LogP contribution in [0.5, 0.6) is 11.5 Å². The fourth-order valence-electron chi connectivity index (χ4n) is 4.11. The Morgan fingerprint density at radius 1 is 1.15 bits per heavy atom. The van der Waals surface area contributed by atoms with Gasteiger partial charge < -0.3 is 23.7 Å². The molecule has 1 fully saturated rings. The fraction of sp³-hybridized carbons (Fsp3) is 0.615. The Morgan fingerprint density at radius 2 is 1.85 bits per heavy atom. The lowest BCUT2D eigenvalue weighted by Gasteiger charge is -2.33. The van der Waals surface area contributed by atoms with E-state index in [-0.39, 0.29) is 12.5 Å². The predicted octanol–water partition coefficient (Wildman–Crippen LogP) is 4.92. The molecule has 34 heavy (non-hydrogen) atoms. The number of rotatable bonds is 10. The van der Waals surface area contributed by atoms with Gasteiger partial charge in [-0.15, -0.1) is 0 Å². The Labute approximate surface area is 203 Å². The van der Waals surface area contributed by atoms with E-state index in [0.29, 0.717) is 31.1 Å². The first-order valence-electron chi connectivity index (χ1n) is 11.7. The summed E-state index contributed by atoms with van der Waals surface area (Å²) in [4.78, 5) is 27.8. The van der Waals surface area contributed by atoms with Gasteiger partial charge in [-0.3, -0.25) is 4.90 Å². The van der Waals surface area contributed by atoms with Crippen molar-refractivity contribution in [3.63, 3.8) is 0 Å². The maximum absolute atomic E-state index is 13.4. The zero-order valence-electron chi connectivity index (χ0n) is 21.5. The van der Waals surface area contributed by atoms with E-state index in [0.717, 1.165) is 17.6 Å². The summed E-state index contributed by atoms with van der Waals surface area (Å²) in [7, 11) is 3.22. The number of hydrogen-bond donors (Lipinski definition) is 0. The molecule has 0 N–H and O–H groups in total. The topological polar surface area (TPSA) is 83.5 Å². The molecule has 1 aliphatic rings. The summed E-state index contributed by atoms with van der Waals surface area (Å²) in [6, 6.07) is 4.29. The Bertz CT molecular complexity index is 861. The SMILES string of the molecule is C=C(C)[C@@H]1C[C@@H](C(=O)OCC)N(C(=O)OC(C)(C)C)C1c1ccc(OC)c(OCCCOC)c1. The molecule has 1 aliphatic heterocycles. The fourth-order valence-corrected chi connectivity index (χ4v) is 4.11. The molecule has 1 heterocycles. The van der Waals surface area contributed by atoms with Crippen molar-refractivity contribution in [2.75, 3.05) is 34.0 Å². The molecular formula is C26H39NO7. The monoisotopic (exact) mass is 477 g/mol. The van der Waals surface area contributed by atoms with Crippen LogP contribution in [0.15, 0.2) is 30.4 Å². The van der Waals surface area contributed by atoms with E-state index >= 15 is 0 Å². The average molecular weight is 478 g/mol. The minimum Gasteiger partial charge on any atom is -0.493 e. The van der Waals surface area contributed by atoms with Gasteiger partial charge in [0.15, 0.2) is 11.5 Å². The van der Waals surface area contributed by atoms with Crippen LogP contribution in [0.1, 0.15) is 59.1 Å². The Morgan fingerprint density at radius 3 is 2.41 bits per heavy atom. The van der Waals surface area contributed by atoms with Crippen molar-refractivity contribution < 1.29 is 33.3 Å². The van der Waals surface area contributed by atoms with Gasteiger partial charge in [-0.05, 0) is 58.7 Å². The summed E-state index contributed by atoms with van der Waals surface area (Å²) < 4.78 is 27.5. The minimum atomic E-state index is -0.783. The van der Waals surface area contributed by atoms with Crippen molar-refractivity contribution in [1.29, 1.82) is 0 Å². The number of carbonyl (C=O) groups excluding carboxylic acids is 2. The number of carbonyl (C=O) groups is 2. The van der Waals surface area contributed by atoms with Gasteiger partial charge in [0.25, 0.3) is 0 Å². The molecule has 3 atom stereocenters. The summed E-state index contributed by atoms with van der Waals surface area (Å²) in [6.45, 7) is 14.4. The number of benzene rings is 1. The van der Waals surface area contributed by atoms with Gasteiger partial charge in [-0.1, -0.05) is 18.2 Å². The van der Waals surface area contributed by atoms with Gasteiger partial charge >= 0.3 is 12.1 Å². The summed E-state index contributed by atoms with van der Waals surface area (Å²) >= 11 is 0. The van der Waals surface area contributed by atoms with Crippen LogP contribution in [-0.2, 0) is 19.0 Å². The second-order valence-electron chi connectivity index (χ2n) is 9.39. The molecule has 0 aromatic heterocycles. The first kappa shape index (κ1) is 27.5. The molecular weight excluding hydrogens is 438 g/mol. The number of methoxy groups -OCH3 is 2. The molecule has 0 saturated carbocycles. The van der Waals surface area contributed by atoms with Gasteiger partial charge in [0.05, 0.1) is 26.4 Å². The van der Waals surface area contributed by atoms with Crippen LogP contribution in [0.3, 0.4) is 0 Å². The largest absolute Gasteiger partial charge is 0.493 e. The molecule has 0 bridgehead atoms. The molecule has 1 saturated heterocycles. The highest BCUT2D eigenvalue weighted by Gasteiger charge is 2.50. The van der Waals surface area contributed by atoms with Crippen molar-refractivity contribution in [2.45, 2.75) is 65.1 Å². The molecule has 1 unspecified atom stereocenters. The quantitative estimate of drug-likeness (QED) is 0.269. The molecule has 0 spiro atoms. The van der Waals surface area contributed by atoms with E-state index in [1.54, 1.807) is 48.0 Å². The van der Waals surface area contributed by atoms with Crippen LogP contribution < -0.4 is 9.47 Å². The molecule has 0 radical (unpaired) electrons. The number of amides is 1. The van der Waals surface area contributed by atoms with Crippen molar-refractivity contribution in [2.24, 2.45) is 5.92 Å². The van der Waals surface area contributed by atoms with Crippen LogP contribution in [0.2, 0.25) is 0 Å². The average Bonchev–Trinajstić information content (AvgIpc) is 3.17. The summed E-state index contributed by atoms with van der Waals surface area (Å²) in [5.74, 6) is 0.514. The highest BCUT2D eigenvalue weighted by Crippen LogP contribution is 2.47. The number of ether oxygens (including phenoxy) is 5. The summed E-state index contributed by atoms with van der Waals surface area (Å²) in [5, 5.41) is 0. The minimum absolute atomic E-state index is 0.170. The molecule has 1 aromatic rings. The van der Waals surface area contributed by atoms with Crippen molar-refractivity contribution in [1.82, 2.24) is 4.90 Å². The van der Waals surface area contributed by atoms with Crippen molar-refractivity contribution >= 4 is 12.1 Å². The van der Waals surface area contributed by atoms with E-state index in [2.05, 4.69) is 6.58 Å². The third-order valence-electron chi connectivity index (χ3n) is 5.57. The van der Waals surface area contributed by atoms with Crippen molar-refractivity contribution in [3.05, 3.63) is 35.9 Å². The zero-order valence-corrected chi connectivity index (χ0v) is 21.5. The van der Waals surface area contributed by atoms with E-state index in [4.69, 9.17) is 23.7 Å². The zero-order chi connectivity index (χ0) is 25.5. The first-order valence-corrected chi connectivity index (χ1v) is 11.7. The standard InChI is InChI=1S/C26H39NO7/c1-9-32-24(28)20-16-19(17(2)3)23(27(20)25(29)34-26(4,5)6)18-11-12-21(31-8)22(15-18)33-14-10-13-30-7/h11-12,15,19-20,23H,2,9-10,13-14,16H2,1,3-8H3/t19-,20-,23?/m0/s1. The maximum atomic E-state index is 13.4. The Hall–Kier alpha value is -2.74. The smallest absolute Gasteiger partial charge is 0.411 e. The predicted molar refractivity (Wildman–Crippen MR) is 129 cm³/mol. The highest BCUT2D eigenvalue weighted by molar-refractivity contribution is 5.83. The summed E-state index contributed by atoms with van der Waals surface area (Å²) in [5.41, 5.74) is 0.939. The van der Waals surface area contributed by atoms with E-state index < -0.39 is 29.7 Å². The van der Waals surface area contributed by atoms with Gasteiger partial charge in [-0.25, -0.2) is 9.59 Å². The lowest BCUT2D eigenvalue weighted by molar-refractivity contribution is -0.148. The lowest BCUT2D eigenvalue weighted by atomic mass is 9.88. The number of hydrogen-bond acceptors (Lipinski definition) is 7. The first-order chi connectivity index (χ1) is 16.0.